The van der Waals surface area contributed by atoms with Crippen LogP contribution < -0.4 is 4.90 Å². The predicted octanol–water partition coefficient (Wildman–Crippen LogP) is 3.38. The van der Waals surface area contributed by atoms with Crippen LogP contribution >= 0.6 is 15.9 Å². The summed E-state index contributed by atoms with van der Waals surface area (Å²) in [5.41, 5.74) is 1.86. The molecule has 1 aromatic rings. The molecule has 3 heteroatoms. The third-order valence-electron chi connectivity index (χ3n) is 1.95. The number of hydrogen-bond donors (Lipinski definition) is 0. The fourth-order valence-electron chi connectivity index (χ4n) is 1.28. The van der Waals surface area contributed by atoms with Crippen molar-refractivity contribution in [2.24, 2.45) is 0 Å². The monoisotopic (exact) mass is 267 g/mol. The second-order valence-corrected chi connectivity index (χ2v) is 4.45. The molecule has 1 aromatic carbocycles. The molecule has 0 atom stereocenters. The molecule has 0 fully saturated rings. The van der Waals surface area contributed by atoms with E-state index in [0.717, 1.165) is 15.7 Å². The summed E-state index contributed by atoms with van der Waals surface area (Å²) in [7, 11) is 0. The van der Waals surface area contributed by atoms with Crippen molar-refractivity contribution in [3.05, 3.63) is 40.9 Å². The van der Waals surface area contributed by atoms with Crippen molar-refractivity contribution in [2.45, 2.75) is 13.8 Å². The molecular formula is C12H14BrNO. The van der Waals surface area contributed by atoms with E-state index in [4.69, 9.17) is 0 Å². The maximum Gasteiger partial charge on any atom is 0.224 e. The predicted molar refractivity (Wildman–Crippen MR) is 67.0 cm³/mol. The number of anilines is 1. The minimum absolute atomic E-state index is 0.0281. The Kier molecular flexibility index (Phi) is 4.09. The Bertz CT molecular complexity index is 370. The normalized spacial score (nSPS) is 9.80. The number of carbonyl (C=O) groups is 1. The number of amides is 1. The lowest BCUT2D eigenvalue weighted by molar-refractivity contribution is -0.116. The summed E-state index contributed by atoms with van der Waals surface area (Å²) in [6.45, 7) is 7.86. The Morgan fingerprint density at radius 1 is 1.33 bits per heavy atom. The van der Waals surface area contributed by atoms with E-state index in [0.29, 0.717) is 6.54 Å². The minimum atomic E-state index is 0.0281. The molecule has 0 saturated carbocycles. The van der Waals surface area contributed by atoms with Crippen molar-refractivity contribution in [3.63, 3.8) is 0 Å². The van der Waals surface area contributed by atoms with Gasteiger partial charge in [-0.25, -0.2) is 0 Å². The molecule has 1 amide bonds. The first kappa shape index (κ1) is 12.0. The Balaban J connectivity index is 2.94. The highest BCUT2D eigenvalue weighted by Gasteiger charge is 2.10. The molecule has 0 saturated heterocycles. The average Bonchev–Trinajstić information content (AvgIpc) is 2.15. The van der Waals surface area contributed by atoms with Crippen LogP contribution in [0.5, 0.6) is 0 Å². The number of carbonyl (C=O) groups excluding carboxylic acids is 1. The van der Waals surface area contributed by atoms with Gasteiger partial charge in [-0.1, -0.05) is 28.1 Å². The van der Waals surface area contributed by atoms with Crippen LogP contribution in [0, 0.1) is 0 Å². The maximum atomic E-state index is 11.4. The van der Waals surface area contributed by atoms with Crippen LogP contribution in [0.1, 0.15) is 13.8 Å². The molecule has 0 aliphatic rings. The summed E-state index contributed by atoms with van der Waals surface area (Å²) in [6, 6.07) is 7.66. The molecule has 0 aromatic heterocycles. The molecule has 0 spiro atoms. The van der Waals surface area contributed by atoms with E-state index in [2.05, 4.69) is 22.5 Å². The van der Waals surface area contributed by atoms with Gasteiger partial charge in [-0.05, 0) is 31.2 Å². The van der Waals surface area contributed by atoms with Gasteiger partial charge in [-0.15, -0.1) is 0 Å². The molecule has 0 radical (unpaired) electrons. The number of hydrogen-bond acceptors (Lipinski definition) is 1. The third kappa shape index (κ3) is 3.51. The lowest BCUT2D eigenvalue weighted by Crippen LogP contribution is -2.29. The van der Waals surface area contributed by atoms with E-state index >= 15 is 0 Å². The number of rotatable bonds is 3. The van der Waals surface area contributed by atoms with Crippen LogP contribution in [0.15, 0.2) is 40.9 Å². The van der Waals surface area contributed by atoms with Gasteiger partial charge in [0.2, 0.25) is 5.91 Å². The maximum absolute atomic E-state index is 11.4. The summed E-state index contributed by atoms with van der Waals surface area (Å²) in [5.74, 6) is 0.0281. The van der Waals surface area contributed by atoms with E-state index < -0.39 is 0 Å². The van der Waals surface area contributed by atoms with Crippen molar-refractivity contribution < 1.29 is 4.79 Å². The van der Waals surface area contributed by atoms with Crippen molar-refractivity contribution in [3.8, 4) is 0 Å². The van der Waals surface area contributed by atoms with Gasteiger partial charge < -0.3 is 4.90 Å². The van der Waals surface area contributed by atoms with Crippen molar-refractivity contribution in [1.29, 1.82) is 0 Å². The zero-order valence-corrected chi connectivity index (χ0v) is 10.5. The molecule has 80 valence electrons. The second kappa shape index (κ2) is 5.12. The van der Waals surface area contributed by atoms with Gasteiger partial charge in [-0.2, -0.15) is 0 Å². The van der Waals surface area contributed by atoms with Crippen molar-refractivity contribution >= 4 is 27.5 Å². The third-order valence-corrected chi connectivity index (χ3v) is 2.48. The minimum Gasteiger partial charge on any atom is -0.309 e. The fraction of sp³-hybridized carbons (Fsp3) is 0.250. The standard InChI is InChI=1S/C12H14BrNO/c1-9(2)8-14(10(3)15)12-6-4-11(13)5-7-12/h4-7H,1,8H2,2-3H3. The van der Waals surface area contributed by atoms with E-state index in [-0.39, 0.29) is 5.91 Å². The van der Waals surface area contributed by atoms with Gasteiger partial charge in [0.05, 0.1) is 0 Å². The molecule has 1 rings (SSSR count). The lowest BCUT2D eigenvalue weighted by Gasteiger charge is -2.21. The van der Waals surface area contributed by atoms with Crippen LogP contribution in [0.4, 0.5) is 5.69 Å². The lowest BCUT2D eigenvalue weighted by atomic mass is 10.2. The molecule has 0 bridgehead atoms. The molecule has 0 unspecified atom stereocenters. The summed E-state index contributed by atoms with van der Waals surface area (Å²) >= 11 is 3.36. The average molecular weight is 268 g/mol. The van der Waals surface area contributed by atoms with Crippen LogP contribution in [-0.4, -0.2) is 12.5 Å². The van der Waals surface area contributed by atoms with E-state index in [1.165, 1.54) is 0 Å². The Morgan fingerprint density at radius 2 is 1.87 bits per heavy atom. The van der Waals surface area contributed by atoms with Crippen LogP contribution in [0.25, 0.3) is 0 Å². The van der Waals surface area contributed by atoms with Crippen molar-refractivity contribution in [2.75, 3.05) is 11.4 Å². The highest BCUT2D eigenvalue weighted by molar-refractivity contribution is 9.10. The zero-order chi connectivity index (χ0) is 11.4. The van der Waals surface area contributed by atoms with Crippen molar-refractivity contribution in [1.82, 2.24) is 0 Å². The largest absolute Gasteiger partial charge is 0.309 e. The molecule has 0 heterocycles. The summed E-state index contributed by atoms with van der Waals surface area (Å²) in [6.07, 6.45) is 0. The van der Waals surface area contributed by atoms with Gasteiger partial charge in [0.15, 0.2) is 0 Å². The van der Waals surface area contributed by atoms with Crippen LogP contribution in [-0.2, 0) is 4.79 Å². The molecule has 0 N–H and O–H groups in total. The SMILES string of the molecule is C=C(C)CN(C(C)=O)c1ccc(Br)cc1. The quantitative estimate of drug-likeness (QED) is 0.769. The summed E-state index contributed by atoms with van der Waals surface area (Å²) in [4.78, 5) is 13.1. The first-order chi connectivity index (χ1) is 7.00. The Hall–Kier alpha value is -1.09. The molecule has 0 aliphatic carbocycles. The first-order valence-electron chi connectivity index (χ1n) is 4.69. The topological polar surface area (TPSA) is 20.3 Å². The number of nitrogens with zero attached hydrogens (tertiary/aromatic N) is 1. The van der Waals surface area contributed by atoms with E-state index in [1.807, 2.05) is 31.2 Å². The van der Waals surface area contributed by atoms with Gasteiger partial charge in [0.1, 0.15) is 0 Å². The number of halogens is 1. The summed E-state index contributed by atoms with van der Waals surface area (Å²) in [5, 5.41) is 0. The zero-order valence-electron chi connectivity index (χ0n) is 8.96. The van der Waals surface area contributed by atoms with Crippen LogP contribution in [0.2, 0.25) is 0 Å². The van der Waals surface area contributed by atoms with E-state index in [9.17, 15) is 4.79 Å². The van der Waals surface area contributed by atoms with E-state index in [1.54, 1.807) is 11.8 Å². The highest BCUT2D eigenvalue weighted by atomic mass is 79.9. The molecule has 0 aliphatic heterocycles. The first-order valence-corrected chi connectivity index (χ1v) is 5.48. The fourth-order valence-corrected chi connectivity index (χ4v) is 1.54. The molecule has 2 nitrogen and oxygen atoms in total. The summed E-state index contributed by atoms with van der Waals surface area (Å²) < 4.78 is 1.00. The highest BCUT2D eigenvalue weighted by Crippen LogP contribution is 2.19. The van der Waals surface area contributed by atoms with Gasteiger partial charge in [0.25, 0.3) is 0 Å². The van der Waals surface area contributed by atoms with Gasteiger partial charge in [-0.3, -0.25) is 4.79 Å². The molecule has 15 heavy (non-hydrogen) atoms. The second-order valence-electron chi connectivity index (χ2n) is 3.54. The van der Waals surface area contributed by atoms with Gasteiger partial charge >= 0.3 is 0 Å². The van der Waals surface area contributed by atoms with Gasteiger partial charge in [0, 0.05) is 23.6 Å². The smallest absolute Gasteiger partial charge is 0.224 e. The Morgan fingerprint density at radius 3 is 2.27 bits per heavy atom. The molecular weight excluding hydrogens is 254 g/mol. The number of benzene rings is 1. The van der Waals surface area contributed by atoms with Crippen LogP contribution in [0.3, 0.4) is 0 Å². The Labute approximate surface area is 98.7 Å².